The lowest BCUT2D eigenvalue weighted by Gasteiger charge is -2.11. The summed E-state index contributed by atoms with van der Waals surface area (Å²) in [7, 11) is 0. The number of oxazole rings is 1. The Kier molecular flexibility index (Phi) is 7.05. The molecule has 0 saturated carbocycles. The van der Waals surface area contributed by atoms with Crippen molar-refractivity contribution >= 4 is 56.0 Å². The number of nitrogens with one attached hydrogen (secondary N) is 2. The number of carbonyl (C=O) groups is 1. The van der Waals surface area contributed by atoms with E-state index in [2.05, 4.69) is 45.4 Å². The van der Waals surface area contributed by atoms with E-state index in [-0.39, 0.29) is 17.6 Å². The van der Waals surface area contributed by atoms with Crippen LogP contribution in [0.1, 0.15) is 22.6 Å². The average Bonchev–Trinajstić information content (AvgIpc) is 3.15. The summed E-state index contributed by atoms with van der Waals surface area (Å²) >= 11 is 8.58. The molecule has 1 amide bonds. The number of carbonyl (C=O) groups excluding carboxylic acids is 1. The second-order valence-corrected chi connectivity index (χ2v) is 8.95. The fourth-order valence-electron chi connectivity index (χ4n) is 3.19. The van der Waals surface area contributed by atoms with Crippen LogP contribution in [-0.2, 0) is 11.2 Å². The number of ether oxygens (including phenoxy) is 1. The summed E-state index contributed by atoms with van der Waals surface area (Å²) in [5.41, 5.74) is 5.87. The minimum absolute atomic E-state index is 0.133. The highest BCUT2D eigenvalue weighted by atomic mass is 79.9. The van der Waals surface area contributed by atoms with Crippen LogP contribution >= 0.6 is 28.1 Å². The van der Waals surface area contributed by atoms with Gasteiger partial charge in [0.15, 0.2) is 23.2 Å². The van der Waals surface area contributed by atoms with Gasteiger partial charge < -0.3 is 14.5 Å². The molecule has 0 saturated heterocycles. The van der Waals surface area contributed by atoms with Crippen LogP contribution in [0.4, 0.5) is 5.69 Å². The molecular weight excluding hydrogens is 502 g/mol. The molecule has 0 aliphatic carbocycles. The molecular formula is C25H22BrN3O3S. The van der Waals surface area contributed by atoms with Gasteiger partial charge in [0.2, 0.25) is 0 Å². The van der Waals surface area contributed by atoms with Gasteiger partial charge in [0, 0.05) is 16.6 Å². The van der Waals surface area contributed by atoms with Crippen LogP contribution in [0.15, 0.2) is 69.6 Å². The predicted molar refractivity (Wildman–Crippen MR) is 137 cm³/mol. The normalized spacial score (nSPS) is 10.8. The predicted octanol–water partition coefficient (Wildman–Crippen LogP) is 5.69. The van der Waals surface area contributed by atoms with Crippen molar-refractivity contribution in [2.45, 2.75) is 20.3 Å². The van der Waals surface area contributed by atoms with Gasteiger partial charge in [-0.15, -0.1) is 0 Å². The van der Waals surface area contributed by atoms with Crippen LogP contribution in [-0.4, -0.2) is 22.6 Å². The molecule has 1 aromatic heterocycles. The monoisotopic (exact) mass is 523 g/mol. The van der Waals surface area contributed by atoms with Gasteiger partial charge >= 0.3 is 0 Å². The van der Waals surface area contributed by atoms with E-state index in [4.69, 9.17) is 21.4 Å². The molecule has 0 fully saturated rings. The maximum atomic E-state index is 12.1. The second kappa shape index (κ2) is 10.1. The minimum Gasteiger partial charge on any atom is -0.484 e. The van der Waals surface area contributed by atoms with Gasteiger partial charge in [0.1, 0.15) is 11.3 Å². The van der Waals surface area contributed by atoms with Crippen LogP contribution in [0.2, 0.25) is 0 Å². The number of thiocarbonyl (C=S) groups is 1. The van der Waals surface area contributed by atoms with Crippen molar-refractivity contribution < 1.29 is 13.9 Å². The molecule has 0 aliphatic rings. The van der Waals surface area contributed by atoms with Gasteiger partial charge in [-0.05, 0) is 91.3 Å². The highest BCUT2D eigenvalue weighted by molar-refractivity contribution is 9.10. The molecule has 8 heteroatoms. The molecule has 0 bridgehead atoms. The number of rotatable bonds is 6. The lowest BCUT2D eigenvalue weighted by atomic mass is 10.1. The summed E-state index contributed by atoms with van der Waals surface area (Å²) in [5, 5.41) is 5.82. The Hall–Kier alpha value is -3.23. The maximum Gasteiger partial charge on any atom is 0.264 e. The molecule has 2 N–H and O–H groups in total. The van der Waals surface area contributed by atoms with E-state index in [0.717, 1.165) is 26.8 Å². The fraction of sp³-hybridized carbons (Fsp3) is 0.160. The first-order valence-corrected chi connectivity index (χ1v) is 11.5. The van der Waals surface area contributed by atoms with Crippen LogP contribution in [0.25, 0.3) is 11.1 Å². The number of halogens is 1. The molecule has 168 valence electrons. The maximum absolute atomic E-state index is 12.1. The van der Waals surface area contributed by atoms with Gasteiger partial charge in [-0.3, -0.25) is 10.1 Å². The first kappa shape index (κ1) is 22.9. The van der Waals surface area contributed by atoms with Crippen molar-refractivity contribution in [3.05, 3.63) is 87.7 Å². The number of amides is 1. The summed E-state index contributed by atoms with van der Waals surface area (Å²) in [4.78, 5) is 16.7. The SMILES string of the molecule is Cc1cc2nc(Cc3ccc(NC(=S)NC(=O)COc4ccc(Br)cc4)cc3)oc2cc1C. The molecule has 4 aromatic rings. The molecule has 1 heterocycles. The van der Waals surface area contributed by atoms with Gasteiger partial charge in [0.05, 0.1) is 0 Å². The Morgan fingerprint density at radius 1 is 1.06 bits per heavy atom. The molecule has 4 rings (SSSR count). The Balaban J connectivity index is 1.28. The third-order valence-electron chi connectivity index (χ3n) is 5.05. The molecule has 0 unspecified atom stereocenters. The Bertz CT molecular complexity index is 1260. The number of aromatic nitrogens is 1. The molecule has 6 nitrogen and oxygen atoms in total. The number of aryl methyl sites for hydroxylation is 2. The highest BCUT2D eigenvalue weighted by Gasteiger charge is 2.10. The van der Waals surface area contributed by atoms with Crippen LogP contribution < -0.4 is 15.4 Å². The highest BCUT2D eigenvalue weighted by Crippen LogP contribution is 2.22. The smallest absolute Gasteiger partial charge is 0.264 e. The van der Waals surface area contributed by atoms with E-state index in [1.165, 1.54) is 11.1 Å². The summed E-state index contributed by atoms with van der Waals surface area (Å²) in [6, 6.07) is 19.0. The lowest BCUT2D eigenvalue weighted by molar-refractivity contribution is -0.121. The van der Waals surface area contributed by atoms with Crippen LogP contribution in [0, 0.1) is 13.8 Å². The van der Waals surface area contributed by atoms with Crippen molar-refractivity contribution in [2.75, 3.05) is 11.9 Å². The van der Waals surface area contributed by atoms with Gasteiger partial charge in [-0.25, -0.2) is 4.98 Å². The second-order valence-electron chi connectivity index (χ2n) is 7.63. The molecule has 3 aromatic carbocycles. The van der Waals surface area contributed by atoms with Gasteiger partial charge in [0.25, 0.3) is 5.91 Å². The van der Waals surface area contributed by atoms with E-state index in [1.54, 1.807) is 12.1 Å². The third kappa shape index (κ3) is 6.18. The standard InChI is InChI=1S/C25H22BrN3O3S/c1-15-11-21-22(12-16(15)2)32-24(28-21)13-17-3-7-19(8-4-17)27-25(33)29-23(30)14-31-20-9-5-18(26)6-10-20/h3-12H,13-14H2,1-2H3,(H2,27,29,30,33). The number of hydrogen-bond donors (Lipinski definition) is 2. The van der Waals surface area contributed by atoms with Crippen molar-refractivity contribution in [3.8, 4) is 5.75 Å². The Morgan fingerprint density at radius 3 is 2.48 bits per heavy atom. The van der Waals surface area contributed by atoms with Crippen LogP contribution in [0.3, 0.4) is 0 Å². The molecule has 0 spiro atoms. The van der Waals surface area contributed by atoms with Crippen molar-refractivity contribution in [1.29, 1.82) is 0 Å². The third-order valence-corrected chi connectivity index (χ3v) is 5.78. The first-order chi connectivity index (χ1) is 15.9. The number of fused-ring (bicyclic) bond motifs is 1. The summed E-state index contributed by atoms with van der Waals surface area (Å²) in [6.07, 6.45) is 0.585. The Labute approximate surface area is 205 Å². The fourth-order valence-corrected chi connectivity index (χ4v) is 3.68. The van der Waals surface area contributed by atoms with E-state index < -0.39 is 0 Å². The first-order valence-electron chi connectivity index (χ1n) is 10.3. The zero-order valence-corrected chi connectivity index (χ0v) is 20.5. The van der Waals surface area contributed by atoms with Crippen molar-refractivity contribution in [2.24, 2.45) is 0 Å². The van der Waals surface area contributed by atoms with E-state index in [0.29, 0.717) is 18.1 Å². The largest absolute Gasteiger partial charge is 0.484 e. The van der Waals surface area contributed by atoms with Crippen LogP contribution in [0.5, 0.6) is 5.75 Å². The number of benzene rings is 3. The van der Waals surface area contributed by atoms with E-state index in [9.17, 15) is 4.79 Å². The Morgan fingerprint density at radius 2 is 1.76 bits per heavy atom. The number of anilines is 1. The van der Waals surface area contributed by atoms with E-state index >= 15 is 0 Å². The quantitative estimate of drug-likeness (QED) is 0.316. The minimum atomic E-state index is -0.339. The van der Waals surface area contributed by atoms with Crippen molar-refractivity contribution in [3.63, 3.8) is 0 Å². The molecule has 33 heavy (non-hydrogen) atoms. The topological polar surface area (TPSA) is 76.4 Å². The van der Waals surface area contributed by atoms with Crippen molar-refractivity contribution in [1.82, 2.24) is 10.3 Å². The molecule has 0 aliphatic heterocycles. The zero-order valence-electron chi connectivity index (χ0n) is 18.1. The number of hydrogen-bond acceptors (Lipinski definition) is 5. The summed E-state index contributed by atoms with van der Waals surface area (Å²) in [5.74, 6) is 0.935. The molecule has 0 atom stereocenters. The zero-order chi connectivity index (χ0) is 23.4. The summed E-state index contributed by atoms with van der Waals surface area (Å²) < 4.78 is 12.3. The van der Waals surface area contributed by atoms with E-state index in [1.807, 2.05) is 48.5 Å². The molecule has 0 radical (unpaired) electrons. The summed E-state index contributed by atoms with van der Waals surface area (Å²) in [6.45, 7) is 3.99. The average molecular weight is 524 g/mol. The lowest BCUT2D eigenvalue weighted by Crippen LogP contribution is -2.37. The van der Waals surface area contributed by atoms with Gasteiger partial charge in [-0.1, -0.05) is 28.1 Å². The van der Waals surface area contributed by atoms with Gasteiger partial charge in [-0.2, -0.15) is 0 Å². The number of nitrogens with zero attached hydrogens (tertiary/aromatic N) is 1.